The molecule has 1 saturated heterocycles. The first-order valence-corrected chi connectivity index (χ1v) is 6.69. The first-order valence-electron chi connectivity index (χ1n) is 5.81. The summed E-state index contributed by atoms with van der Waals surface area (Å²) in [4.78, 5) is 17.7. The Morgan fingerprint density at radius 2 is 2.50 bits per heavy atom. The summed E-state index contributed by atoms with van der Waals surface area (Å²) < 4.78 is 0. The van der Waals surface area contributed by atoms with Crippen LogP contribution in [0.2, 0.25) is 0 Å². The lowest BCUT2D eigenvalue weighted by molar-refractivity contribution is -0.114. The minimum absolute atomic E-state index is 0. The number of anilines is 1. The molecular weight excluding hydrogens is 272 g/mol. The van der Waals surface area contributed by atoms with E-state index >= 15 is 0 Å². The van der Waals surface area contributed by atoms with Crippen LogP contribution >= 0.6 is 23.7 Å². The van der Waals surface area contributed by atoms with E-state index in [0.29, 0.717) is 11.2 Å². The predicted octanol–water partition coefficient (Wildman–Crippen LogP) is 1.32. The van der Waals surface area contributed by atoms with E-state index in [0.717, 1.165) is 31.9 Å². The quantitative estimate of drug-likeness (QED) is 0.881. The maximum atomic E-state index is 10.9. The van der Waals surface area contributed by atoms with Crippen LogP contribution in [0.15, 0.2) is 5.38 Å². The number of hydrogen-bond acceptors (Lipinski definition) is 5. The van der Waals surface area contributed by atoms with E-state index < -0.39 is 0 Å². The molecule has 7 heteroatoms. The van der Waals surface area contributed by atoms with Crippen molar-refractivity contribution in [3.8, 4) is 0 Å². The molecule has 1 fully saturated rings. The van der Waals surface area contributed by atoms with Gasteiger partial charge in [0.2, 0.25) is 5.91 Å². The third kappa shape index (κ3) is 4.53. The monoisotopic (exact) mass is 290 g/mol. The van der Waals surface area contributed by atoms with Crippen molar-refractivity contribution in [2.45, 2.75) is 26.4 Å². The van der Waals surface area contributed by atoms with Crippen molar-refractivity contribution in [2.75, 3.05) is 25.0 Å². The summed E-state index contributed by atoms with van der Waals surface area (Å²) in [7, 11) is 0. The van der Waals surface area contributed by atoms with E-state index in [1.807, 2.05) is 5.38 Å². The van der Waals surface area contributed by atoms with Gasteiger partial charge in [-0.15, -0.1) is 23.7 Å². The van der Waals surface area contributed by atoms with Gasteiger partial charge in [0.25, 0.3) is 0 Å². The number of carbonyl (C=O) groups excluding carboxylic acids is 1. The fourth-order valence-corrected chi connectivity index (χ4v) is 2.72. The van der Waals surface area contributed by atoms with Crippen molar-refractivity contribution in [1.29, 1.82) is 0 Å². The van der Waals surface area contributed by atoms with Crippen LogP contribution in [0.5, 0.6) is 0 Å². The average Bonchev–Trinajstić information content (AvgIpc) is 2.64. The Labute approximate surface area is 117 Å². The van der Waals surface area contributed by atoms with Gasteiger partial charge in [0.15, 0.2) is 5.13 Å². The summed E-state index contributed by atoms with van der Waals surface area (Å²) in [6, 6.07) is 0.539. The van der Waals surface area contributed by atoms with Crippen molar-refractivity contribution in [1.82, 2.24) is 15.2 Å². The summed E-state index contributed by atoms with van der Waals surface area (Å²) in [5, 5.41) is 8.82. The van der Waals surface area contributed by atoms with Crippen molar-refractivity contribution >= 4 is 34.8 Å². The van der Waals surface area contributed by atoms with Crippen LogP contribution in [0, 0.1) is 0 Å². The molecule has 1 aliphatic heterocycles. The number of piperazine rings is 1. The third-order valence-corrected chi connectivity index (χ3v) is 3.48. The maximum Gasteiger partial charge on any atom is 0.223 e. The number of thiazole rings is 1. The lowest BCUT2D eigenvalue weighted by Crippen LogP contribution is -2.48. The van der Waals surface area contributed by atoms with E-state index in [4.69, 9.17) is 0 Å². The normalized spacial score (nSPS) is 20.2. The van der Waals surface area contributed by atoms with E-state index in [2.05, 4.69) is 27.4 Å². The molecule has 2 rings (SSSR count). The fraction of sp³-hybridized carbons (Fsp3) is 0.636. The Bertz CT molecular complexity index is 398. The van der Waals surface area contributed by atoms with Crippen molar-refractivity contribution in [3.05, 3.63) is 11.1 Å². The number of hydrogen-bond donors (Lipinski definition) is 2. The Morgan fingerprint density at radius 3 is 3.17 bits per heavy atom. The molecule has 18 heavy (non-hydrogen) atoms. The summed E-state index contributed by atoms with van der Waals surface area (Å²) in [5.41, 5.74) is 1.04. The zero-order chi connectivity index (χ0) is 12.3. The van der Waals surface area contributed by atoms with Crippen LogP contribution < -0.4 is 10.6 Å². The first-order chi connectivity index (χ1) is 8.13. The average molecular weight is 291 g/mol. The van der Waals surface area contributed by atoms with Gasteiger partial charge in [-0.05, 0) is 6.92 Å². The van der Waals surface area contributed by atoms with E-state index in [1.165, 1.54) is 18.3 Å². The second-order valence-corrected chi connectivity index (χ2v) is 5.27. The van der Waals surface area contributed by atoms with Crippen LogP contribution in [0.3, 0.4) is 0 Å². The minimum Gasteiger partial charge on any atom is -0.312 e. The van der Waals surface area contributed by atoms with Crippen LogP contribution in [0.25, 0.3) is 0 Å². The molecule has 1 atom stereocenters. The Hall–Kier alpha value is -0.690. The highest BCUT2D eigenvalue weighted by Gasteiger charge is 2.16. The van der Waals surface area contributed by atoms with Gasteiger partial charge in [-0.25, -0.2) is 4.98 Å². The van der Waals surface area contributed by atoms with E-state index in [1.54, 1.807) is 0 Å². The van der Waals surface area contributed by atoms with Gasteiger partial charge in [0.1, 0.15) is 0 Å². The molecular formula is C11H19ClN4OS. The zero-order valence-electron chi connectivity index (χ0n) is 10.6. The molecule has 0 aromatic carbocycles. The Morgan fingerprint density at radius 1 is 1.72 bits per heavy atom. The second-order valence-electron chi connectivity index (χ2n) is 4.42. The highest BCUT2D eigenvalue weighted by molar-refractivity contribution is 7.13. The maximum absolute atomic E-state index is 10.9. The third-order valence-electron chi connectivity index (χ3n) is 2.67. The van der Waals surface area contributed by atoms with E-state index in [9.17, 15) is 4.79 Å². The molecule has 1 amide bonds. The molecule has 0 unspecified atom stereocenters. The molecule has 0 aliphatic carbocycles. The number of amides is 1. The molecule has 1 aromatic rings. The molecule has 0 bridgehead atoms. The highest BCUT2D eigenvalue weighted by Crippen LogP contribution is 2.17. The molecule has 1 aromatic heterocycles. The van der Waals surface area contributed by atoms with E-state index in [-0.39, 0.29) is 18.3 Å². The number of carbonyl (C=O) groups is 1. The van der Waals surface area contributed by atoms with Crippen LogP contribution in [-0.4, -0.2) is 41.5 Å². The Kier molecular flexibility index (Phi) is 6.01. The molecule has 2 heterocycles. The molecule has 0 spiro atoms. The van der Waals surface area contributed by atoms with Crippen molar-refractivity contribution in [2.24, 2.45) is 0 Å². The van der Waals surface area contributed by atoms with Gasteiger partial charge in [-0.1, -0.05) is 0 Å². The Balaban J connectivity index is 0.00000162. The first kappa shape index (κ1) is 15.4. The van der Waals surface area contributed by atoms with Gasteiger partial charge >= 0.3 is 0 Å². The number of nitrogens with zero attached hydrogens (tertiary/aromatic N) is 2. The largest absolute Gasteiger partial charge is 0.312 e. The topological polar surface area (TPSA) is 57.3 Å². The van der Waals surface area contributed by atoms with Gasteiger partial charge in [0, 0.05) is 44.5 Å². The van der Waals surface area contributed by atoms with Gasteiger partial charge in [-0.2, -0.15) is 0 Å². The van der Waals surface area contributed by atoms with Crippen LogP contribution in [0.4, 0.5) is 5.13 Å². The number of nitrogens with one attached hydrogen (secondary N) is 2. The summed E-state index contributed by atoms with van der Waals surface area (Å²) in [6.07, 6.45) is 0. The molecule has 1 aliphatic rings. The summed E-state index contributed by atoms with van der Waals surface area (Å²) in [6.45, 7) is 7.69. The SMILES string of the molecule is CC(=O)Nc1nc(CN2CCN[C@@H](C)C2)cs1.Cl. The second kappa shape index (κ2) is 7.04. The lowest BCUT2D eigenvalue weighted by Gasteiger charge is -2.31. The molecule has 102 valence electrons. The van der Waals surface area contributed by atoms with Crippen molar-refractivity contribution < 1.29 is 4.79 Å². The fourth-order valence-electron chi connectivity index (χ4n) is 1.97. The summed E-state index contributed by atoms with van der Waals surface area (Å²) in [5.74, 6) is -0.0679. The van der Waals surface area contributed by atoms with Crippen molar-refractivity contribution in [3.63, 3.8) is 0 Å². The number of halogens is 1. The van der Waals surface area contributed by atoms with Crippen LogP contribution in [-0.2, 0) is 11.3 Å². The summed E-state index contributed by atoms with van der Waals surface area (Å²) >= 11 is 1.48. The molecule has 0 radical (unpaired) electrons. The zero-order valence-corrected chi connectivity index (χ0v) is 12.2. The number of aromatic nitrogens is 1. The van der Waals surface area contributed by atoms with Gasteiger partial charge in [-0.3, -0.25) is 9.69 Å². The minimum atomic E-state index is -0.0679. The number of rotatable bonds is 3. The lowest BCUT2D eigenvalue weighted by atomic mass is 10.2. The van der Waals surface area contributed by atoms with Gasteiger partial charge in [0.05, 0.1) is 5.69 Å². The predicted molar refractivity (Wildman–Crippen MR) is 76.4 cm³/mol. The molecule has 0 saturated carbocycles. The van der Waals surface area contributed by atoms with Gasteiger partial charge < -0.3 is 10.6 Å². The molecule has 5 nitrogen and oxygen atoms in total. The molecule has 2 N–H and O–H groups in total. The standard InChI is InChI=1S/C11H18N4OS.ClH/c1-8-5-15(4-3-12-8)6-10-7-17-11(14-10)13-9(2)16;/h7-8,12H,3-6H2,1-2H3,(H,13,14,16);1H/t8-;/m0./s1. The smallest absolute Gasteiger partial charge is 0.223 e. The van der Waals surface area contributed by atoms with Crippen LogP contribution in [0.1, 0.15) is 19.5 Å². The highest BCUT2D eigenvalue weighted by atomic mass is 35.5.